The van der Waals surface area contributed by atoms with Gasteiger partial charge in [-0.25, -0.2) is 4.39 Å². The van der Waals surface area contributed by atoms with Crippen LogP contribution in [-0.2, 0) is 4.74 Å². The number of hydrogen-bond donors (Lipinski definition) is 1. The number of hydrogen-bond acceptors (Lipinski definition) is 3. The van der Waals surface area contributed by atoms with Gasteiger partial charge in [-0.2, -0.15) is 0 Å². The zero-order chi connectivity index (χ0) is 15.1. The highest BCUT2D eigenvalue weighted by atomic mass is 19.1. The third-order valence-electron chi connectivity index (χ3n) is 3.05. The summed E-state index contributed by atoms with van der Waals surface area (Å²) in [4.78, 5) is 0. The number of ether oxygens (including phenoxy) is 2. The topological polar surface area (TPSA) is 44.5 Å². The molecule has 0 heterocycles. The molecule has 0 radical (unpaired) electrons. The van der Waals surface area contributed by atoms with Crippen LogP contribution in [0.1, 0.15) is 18.6 Å². The van der Waals surface area contributed by atoms with E-state index >= 15 is 0 Å². The average Bonchev–Trinajstić information content (AvgIpc) is 2.48. The van der Waals surface area contributed by atoms with Gasteiger partial charge in [0.1, 0.15) is 18.2 Å². The summed E-state index contributed by atoms with van der Waals surface area (Å²) in [7, 11) is 0. The molecule has 2 rings (SSSR count). The van der Waals surface area contributed by atoms with E-state index in [4.69, 9.17) is 15.2 Å². The molecule has 2 aromatic carbocycles. The highest BCUT2D eigenvalue weighted by Crippen LogP contribution is 2.21. The number of rotatable bonds is 7. The molecule has 0 spiro atoms. The van der Waals surface area contributed by atoms with E-state index in [0.717, 1.165) is 11.3 Å². The summed E-state index contributed by atoms with van der Waals surface area (Å²) in [6.45, 7) is 2.65. The number of benzene rings is 2. The SMILES string of the molecule is CC(N)C(OCCOc1ccccc1)c1cccc(F)c1. The highest BCUT2D eigenvalue weighted by molar-refractivity contribution is 5.21. The molecule has 21 heavy (non-hydrogen) atoms. The predicted octanol–water partition coefficient (Wildman–Crippen LogP) is 3.31. The first-order chi connectivity index (χ1) is 10.2. The molecule has 0 aliphatic rings. The van der Waals surface area contributed by atoms with Gasteiger partial charge in [-0.15, -0.1) is 0 Å². The van der Waals surface area contributed by atoms with Crippen LogP contribution in [0.5, 0.6) is 5.75 Å². The predicted molar refractivity (Wildman–Crippen MR) is 80.7 cm³/mol. The molecule has 0 aliphatic carbocycles. The van der Waals surface area contributed by atoms with Crippen molar-refractivity contribution >= 4 is 0 Å². The minimum atomic E-state index is -0.347. The third kappa shape index (κ3) is 4.85. The van der Waals surface area contributed by atoms with E-state index in [-0.39, 0.29) is 18.0 Å². The lowest BCUT2D eigenvalue weighted by molar-refractivity contribution is 0.0207. The molecule has 0 bridgehead atoms. The molecule has 2 N–H and O–H groups in total. The minimum Gasteiger partial charge on any atom is -0.491 e. The molecule has 0 amide bonds. The molecule has 0 fully saturated rings. The fourth-order valence-corrected chi connectivity index (χ4v) is 2.09. The largest absolute Gasteiger partial charge is 0.491 e. The van der Waals surface area contributed by atoms with Gasteiger partial charge in [-0.1, -0.05) is 30.3 Å². The molecule has 0 saturated carbocycles. The second-order valence-corrected chi connectivity index (χ2v) is 4.87. The minimum absolute atomic E-state index is 0.233. The van der Waals surface area contributed by atoms with Gasteiger partial charge in [0.25, 0.3) is 0 Å². The molecule has 2 unspecified atom stereocenters. The molecular weight excluding hydrogens is 269 g/mol. The van der Waals surface area contributed by atoms with Crippen molar-refractivity contribution in [3.8, 4) is 5.75 Å². The normalized spacial score (nSPS) is 13.7. The van der Waals surface area contributed by atoms with Crippen LogP contribution in [0.15, 0.2) is 54.6 Å². The molecule has 0 saturated heterocycles. The van der Waals surface area contributed by atoms with Crippen molar-refractivity contribution in [2.75, 3.05) is 13.2 Å². The second kappa shape index (κ2) is 7.76. The summed E-state index contributed by atoms with van der Waals surface area (Å²) in [5.41, 5.74) is 6.66. The second-order valence-electron chi connectivity index (χ2n) is 4.87. The van der Waals surface area contributed by atoms with Crippen LogP contribution in [0.3, 0.4) is 0 Å². The molecule has 0 aromatic heterocycles. The van der Waals surface area contributed by atoms with Gasteiger partial charge in [0.05, 0.1) is 12.7 Å². The van der Waals surface area contributed by atoms with Crippen molar-refractivity contribution in [2.45, 2.75) is 19.1 Å². The van der Waals surface area contributed by atoms with Crippen molar-refractivity contribution in [3.05, 3.63) is 66.0 Å². The standard InChI is InChI=1S/C17H20FNO2/c1-13(19)17(14-6-5-7-15(18)12-14)21-11-10-20-16-8-3-2-4-9-16/h2-9,12-13,17H,10-11,19H2,1H3. The van der Waals surface area contributed by atoms with Crippen molar-refractivity contribution in [1.82, 2.24) is 0 Å². The fourth-order valence-electron chi connectivity index (χ4n) is 2.09. The van der Waals surface area contributed by atoms with E-state index in [0.29, 0.717) is 13.2 Å². The molecule has 2 atom stereocenters. The first-order valence-electron chi connectivity index (χ1n) is 6.97. The summed E-state index contributed by atoms with van der Waals surface area (Å²) < 4.78 is 24.6. The lowest BCUT2D eigenvalue weighted by atomic mass is 10.0. The monoisotopic (exact) mass is 289 g/mol. The van der Waals surface area contributed by atoms with Crippen LogP contribution >= 0.6 is 0 Å². The molecular formula is C17H20FNO2. The third-order valence-corrected chi connectivity index (χ3v) is 3.05. The summed E-state index contributed by atoms with van der Waals surface area (Å²) in [5.74, 6) is 0.506. The number of halogens is 1. The van der Waals surface area contributed by atoms with Gasteiger partial charge in [-0.05, 0) is 36.8 Å². The Balaban J connectivity index is 1.86. The molecule has 4 heteroatoms. The van der Waals surface area contributed by atoms with E-state index in [1.165, 1.54) is 12.1 Å². The van der Waals surface area contributed by atoms with E-state index < -0.39 is 0 Å². The Bertz CT molecular complexity index is 545. The molecule has 2 aromatic rings. The van der Waals surface area contributed by atoms with Crippen molar-refractivity contribution in [1.29, 1.82) is 0 Å². The maximum Gasteiger partial charge on any atom is 0.123 e. The average molecular weight is 289 g/mol. The van der Waals surface area contributed by atoms with Crippen LogP contribution in [0.4, 0.5) is 4.39 Å². The Hall–Kier alpha value is -1.91. The van der Waals surface area contributed by atoms with E-state index in [1.54, 1.807) is 6.07 Å². The lowest BCUT2D eigenvalue weighted by Gasteiger charge is -2.22. The lowest BCUT2D eigenvalue weighted by Crippen LogP contribution is -2.28. The maximum absolute atomic E-state index is 13.3. The summed E-state index contributed by atoms with van der Waals surface area (Å²) in [6.07, 6.45) is -0.347. The van der Waals surface area contributed by atoms with Gasteiger partial charge in [0, 0.05) is 6.04 Å². The summed E-state index contributed by atoms with van der Waals surface area (Å²) >= 11 is 0. The van der Waals surface area contributed by atoms with Crippen LogP contribution in [0, 0.1) is 5.82 Å². The Morgan fingerprint density at radius 1 is 1.05 bits per heavy atom. The first-order valence-corrected chi connectivity index (χ1v) is 6.97. The molecule has 112 valence electrons. The van der Waals surface area contributed by atoms with E-state index in [9.17, 15) is 4.39 Å². The van der Waals surface area contributed by atoms with E-state index in [2.05, 4.69) is 0 Å². The van der Waals surface area contributed by atoms with Crippen molar-refractivity contribution < 1.29 is 13.9 Å². The summed E-state index contributed by atoms with van der Waals surface area (Å²) in [5, 5.41) is 0. The Morgan fingerprint density at radius 2 is 1.81 bits per heavy atom. The van der Waals surface area contributed by atoms with Crippen LogP contribution < -0.4 is 10.5 Å². The Morgan fingerprint density at radius 3 is 2.48 bits per heavy atom. The van der Waals surface area contributed by atoms with Gasteiger partial charge >= 0.3 is 0 Å². The Kier molecular flexibility index (Phi) is 5.72. The van der Waals surface area contributed by atoms with Gasteiger partial charge in [0.2, 0.25) is 0 Å². The maximum atomic E-state index is 13.3. The first kappa shape index (κ1) is 15.5. The smallest absolute Gasteiger partial charge is 0.123 e. The van der Waals surface area contributed by atoms with Gasteiger partial charge in [0.15, 0.2) is 0 Å². The quantitative estimate of drug-likeness (QED) is 0.795. The van der Waals surface area contributed by atoms with Crippen LogP contribution in [0.2, 0.25) is 0 Å². The summed E-state index contributed by atoms with van der Waals surface area (Å²) in [6, 6.07) is 15.6. The molecule has 3 nitrogen and oxygen atoms in total. The molecule has 0 aliphatic heterocycles. The van der Waals surface area contributed by atoms with Crippen LogP contribution in [-0.4, -0.2) is 19.3 Å². The number of nitrogens with two attached hydrogens (primary N) is 1. The Labute approximate surface area is 124 Å². The number of para-hydroxylation sites is 1. The zero-order valence-electron chi connectivity index (χ0n) is 12.0. The van der Waals surface area contributed by atoms with Gasteiger partial charge in [-0.3, -0.25) is 0 Å². The van der Waals surface area contributed by atoms with Crippen molar-refractivity contribution in [2.24, 2.45) is 5.73 Å². The highest BCUT2D eigenvalue weighted by Gasteiger charge is 2.17. The van der Waals surface area contributed by atoms with Crippen molar-refractivity contribution in [3.63, 3.8) is 0 Å². The van der Waals surface area contributed by atoms with Crippen LogP contribution in [0.25, 0.3) is 0 Å². The zero-order valence-corrected chi connectivity index (χ0v) is 12.0. The van der Waals surface area contributed by atoms with Gasteiger partial charge < -0.3 is 15.2 Å². The fraction of sp³-hybridized carbons (Fsp3) is 0.294. The van der Waals surface area contributed by atoms with E-state index in [1.807, 2.05) is 43.3 Å².